The fraction of sp³-hybridized carbons (Fsp3) is 0.452. The number of primary amides is 2. The zero-order valence-electron chi connectivity index (χ0n) is 45.5. The van der Waals surface area contributed by atoms with Crippen LogP contribution in [0.3, 0.4) is 0 Å². The Morgan fingerprint density at radius 3 is 1.03 bits per heavy atom. The summed E-state index contributed by atoms with van der Waals surface area (Å²) in [5.74, 6) is -3.81. The molecular formula is C62H78N4O12. The molecule has 0 saturated heterocycles. The monoisotopic (exact) mass is 1070 g/mol. The first-order valence-electron chi connectivity index (χ1n) is 27.8. The molecule has 0 aliphatic carbocycles. The number of nitrogens with zero attached hydrogens (tertiary/aromatic N) is 2. The highest BCUT2D eigenvalue weighted by molar-refractivity contribution is 6.45. The second kappa shape index (κ2) is 31.0. The van der Waals surface area contributed by atoms with E-state index in [2.05, 4.69) is 24.3 Å². The molecule has 0 fully saturated rings. The number of unbranched alkanes of at least 4 members (excludes halogenated alkanes) is 18. The molecule has 0 aliphatic rings. The number of aromatic nitrogens is 2. The van der Waals surface area contributed by atoms with Gasteiger partial charge >= 0.3 is 11.9 Å². The van der Waals surface area contributed by atoms with Crippen LogP contribution in [0.5, 0.6) is 23.0 Å². The molecule has 0 radical (unpaired) electrons. The summed E-state index contributed by atoms with van der Waals surface area (Å²) in [6.45, 7) is 5.13. The van der Waals surface area contributed by atoms with Crippen molar-refractivity contribution >= 4 is 57.1 Å². The third kappa shape index (κ3) is 17.2. The molecule has 6 N–H and O–H groups in total. The number of fused-ring (bicyclic) bond motifs is 2. The van der Waals surface area contributed by atoms with Crippen molar-refractivity contribution in [3.8, 4) is 34.1 Å². The Kier molecular flexibility index (Phi) is 23.7. The van der Waals surface area contributed by atoms with Gasteiger partial charge in [-0.2, -0.15) is 0 Å². The number of carboxylic acids is 2. The maximum atomic E-state index is 12.8. The number of hydrogen-bond donors (Lipinski definition) is 4. The van der Waals surface area contributed by atoms with Gasteiger partial charge in [-0.05, 0) is 99.2 Å². The van der Waals surface area contributed by atoms with Gasteiger partial charge in [0.25, 0.3) is 23.4 Å². The van der Waals surface area contributed by atoms with Crippen LogP contribution in [0.25, 0.3) is 32.9 Å². The number of benzene rings is 4. The van der Waals surface area contributed by atoms with Gasteiger partial charge in [0.15, 0.2) is 13.2 Å². The Hall–Kier alpha value is -7.62. The van der Waals surface area contributed by atoms with Crippen LogP contribution in [-0.2, 0) is 32.3 Å². The maximum absolute atomic E-state index is 12.8. The minimum Gasteiger partial charge on any atom is -0.494 e. The van der Waals surface area contributed by atoms with Crippen LogP contribution in [0, 0.1) is 13.8 Å². The molecule has 0 saturated carbocycles. The minimum absolute atomic E-state index is 0.169. The number of nitrogens with two attached hydrogens (primary N) is 2. The summed E-state index contributed by atoms with van der Waals surface area (Å²) in [6, 6.07) is 26.9. The summed E-state index contributed by atoms with van der Waals surface area (Å²) < 4.78 is 27.0. The van der Waals surface area contributed by atoms with Gasteiger partial charge in [-0.1, -0.05) is 139 Å². The van der Waals surface area contributed by atoms with Gasteiger partial charge in [-0.25, -0.2) is 9.59 Å². The van der Waals surface area contributed by atoms with Crippen molar-refractivity contribution in [1.82, 2.24) is 9.13 Å². The van der Waals surface area contributed by atoms with Gasteiger partial charge in [0.1, 0.15) is 23.0 Å². The minimum atomic E-state index is -1.14. The lowest BCUT2D eigenvalue weighted by Gasteiger charge is -2.10. The molecule has 2 amide bonds. The number of carbonyl (C=O) groups is 6. The second-order valence-electron chi connectivity index (χ2n) is 20.1. The van der Waals surface area contributed by atoms with Gasteiger partial charge in [-0.3, -0.25) is 19.2 Å². The Morgan fingerprint density at radius 2 is 0.718 bits per heavy atom. The molecule has 6 rings (SSSR count). The molecule has 0 aliphatic heterocycles. The van der Waals surface area contributed by atoms with Crippen LogP contribution in [0.15, 0.2) is 84.9 Å². The Morgan fingerprint density at radius 1 is 0.410 bits per heavy atom. The lowest BCUT2D eigenvalue weighted by Crippen LogP contribution is -2.24. The number of ketones is 2. The molecule has 2 aromatic heterocycles. The summed E-state index contributed by atoms with van der Waals surface area (Å²) >= 11 is 0. The molecule has 0 atom stereocenters. The van der Waals surface area contributed by atoms with Crippen molar-refractivity contribution in [3.05, 3.63) is 107 Å². The molecule has 2 heterocycles. The fourth-order valence-corrected chi connectivity index (χ4v) is 10.3. The first-order chi connectivity index (χ1) is 37.8. The number of rotatable bonds is 39. The van der Waals surface area contributed by atoms with E-state index < -0.39 is 48.5 Å². The molecular weight excluding hydrogens is 993 g/mol. The van der Waals surface area contributed by atoms with Gasteiger partial charge in [0, 0.05) is 24.5 Å². The predicted molar refractivity (Wildman–Crippen MR) is 302 cm³/mol. The zero-order valence-corrected chi connectivity index (χ0v) is 45.5. The number of Topliss-reactive ketones (excluding diaryl/α,β-unsaturated/α-hetero) is 2. The molecule has 78 heavy (non-hydrogen) atoms. The van der Waals surface area contributed by atoms with Crippen molar-refractivity contribution in [2.45, 2.75) is 155 Å². The summed E-state index contributed by atoms with van der Waals surface area (Å²) in [7, 11) is 0. The van der Waals surface area contributed by atoms with Crippen LogP contribution in [0.4, 0.5) is 0 Å². The number of carboxylic acid groups (broad SMARTS) is 2. The highest BCUT2D eigenvalue weighted by Crippen LogP contribution is 2.36. The van der Waals surface area contributed by atoms with E-state index in [1.807, 2.05) is 45.5 Å². The lowest BCUT2D eigenvalue weighted by molar-refractivity contribution is -0.140. The molecule has 0 unspecified atom stereocenters. The smallest absolute Gasteiger partial charge is 0.341 e. The van der Waals surface area contributed by atoms with Gasteiger partial charge in [0.2, 0.25) is 0 Å². The Bertz CT molecular complexity index is 2760. The van der Waals surface area contributed by atoms with E-state index in [1.165, 1.54) is 51.4 Å². The van der Waals surface area contributed by atoms with E-state index >= 15 is 0 Å². The topological polar surface area (TPSA) is 242 Å². The number of amides is 2. The van der Waals surface area contributed by atoms with E-state index in [0.717, 1.165) is 99.7 Å². The molecule has 16 heteroatoms. The molecule has 0 bridgehead atoms. The molecule has 418 valence electrons. The van der Waals surface area contributed by atoms with E-state index in [-0.39, 0.29) is 22.6 Å². The predicted octanol–water partition coefficient (Wildman–Crippen LogP) is 12.1. The first-order valence-corrected chi connectivity index (χ1v) is 27.8. The van der Waals surface area contributed by atoms with E-state index in [9.17, 15) is 28.8 Å². The fourth-order valence-electron chi connectivity index (χ4n) is 10.3. The van der Waals surface area contributed by atoms with E-state index in [1.54, 1.807) is 38.1 Å². The number of carbonyl (C=O) groups excluding carboxylic acids is 4. The van der Waals surface area contributed by atoms with Crippen LogP contribution in [0.2, 0.25) is 0 Å². The number of aryl methyl sites for hydroxylation is 2. The molecule has 6 aromatic rings. The highest BCUT2D eigenvalue weighted by atomic mass is 16.5. The van der Waals surface area contributed by atoms with Crippen molar-refractivity contribution in [3.63, 3.8) is 0 Å². The highest BCUT2D eigenvalue weighted by Gasteiger charge is 2.28. The average molecular weight is 1070 g/mol. The van der Waals surface area contributed by atoms with Gasteiger partial charge in [0.05, 0.1) is 46.1 Å². The number of hydrogen-bond acceptors (Lipinski definition) is 10. The third-order valence-corrected chi connectivity index (χ3v) is 14.4. The van der Waals surface area contributed by atoms with Crippen molar-refractivity contribution < 1.29 is 57.9 Å². The first kappa shape index (κ1) is 59.6. The summed E-state index contributed by atoms with van der Waals surface area (Å²) in [4.78, 5) is 71.7. The third-order valence-electron chi connectivity index (χ3n) is 14.4. The standard InChI is InChI=1S/C62H78N4O12/c1-43-55(59(71)61(63)73)57-49(25-23-27-51(57)77-41-53(67)68)65(43)37-19-15-11-7-3-5-9-13-17-21-39-75-47-33-29-45(30-34-47)46-31-35-48(36-32-46)76-40-22-18-14-10-6-4-8-12-16-20-38-66-44(2)56(60(72)62(64)74)58-50(66)26-24-28-52(58)78-42-54(69)70/h23-36H,3-22,37-42H2,1-2H3,(H2,63,73)(H2,64,74)(H,67,68)(H,69,70). The van der Waals surface area contributed by atoms with Gasteiger partial charge in [-0.15, -0.1) is 0 Å². The van der Waals surface area contributed by atoms with Crippen molar-refractivity contribution in [1.29, 1.82) is 0 Å². The van der Waals surface area contributed by atoms with Crippen LogP contribution < -0.4 is 30.4 Å². The van der Waals surface area contributed by atoms with Gasteiger partial charge < -0.3 is 49.8 Å². The Labute approximate surface area is 457 Å². The summed E-state index contributed by atoms with van der Waals surface area (Å²) in [5, 5.41) is 19.1. The number of ether oxygens (including phenoxy) is 4. The summed E-state index contributed by atoms with van der Waals surface area (Å²) in [6.07, 6.45) is 22.3. The maximum Gasteiger partial charge on any atom is 0.341 e. The Balaban J connectivity index is 0.755. The molecule has 16 nitrogen and oxygen atoms in total. The largest absolute Gasteiger partial charge is 0.494 e. The van der Waals surface area contributed by atoms with Crippen LogP contribution in [-0.4, -0.2) is 81.1 Å². The quantitative estimate of drug-likeness (QED) is 0.0160. The van der Waals surface area contributed by atoms with E-state index in [4.69, 9.17) is 40.6 Å². The normalized spacial score (nSPS) is 11.3. The second-order valence-corrected chi connectivity index (χ2v) is 20.1. The van der Waals surface area contributed by atoms with E-state index in [0.29, 0.717) is 59.5 Å². The lowest BCUT2D eigenvalue weighted by atomic mass is 10.1. The van der Waals surface area contributed by atoms with Crippen molar-refractivity contribution in [2.75, 3.05) is 26.4 Å². The average Bonchev–Trinajstić information content (AvgIpc) is 3.96. The van der Waals surface area contributed by atoms with Crippen molar-refractivity contribution in [2.24, 2.45) is 11.5 Å². The zero-order chi connectivity index (χ0) is 55.8. The van der Waals surface area contributed by atoms with Crippen LogP contribution >= 0.6 is 0 Å². The molecule has 4 aromatic carbocycles. The number of aliphatic carboxylic acids is 2. The molecule has 0 spiro atoms. The van der Waals surface area contributed by atoms with Crippen LogP contribution in [0.1, 0.15) is 161 Å². The summed E-state index contributed by atoms with van der Waals surface area (Å²) in [5.41, 5.74) is 16.0. The SMILES string of the molecule is Cc1c(C(=O)C(N)=O)c2c(OCC(=O)O)cccc2n1CCCCCCCCCCCCOc1ccc(-c2ccc(OCCCCCCCCCCCCn3c(C)c(C(=O)C(N)=O)c4c(OCC(=O)O)cccc43)cc2)cc1.